The summed E-state index contributed by atoms with van der Waals surface area (Å²) in [6.45, 7) is 7.78. The van der Waals surface area contributed by atoms with Gasteiger partial charge in [0.1, 0.15) is 5.60 Å². The van der Waals surface area contributed by atoms with E-state index in [-0.39, 0.29) is 0 Å². The zero-order valence-electron chi connectivity index (χ0n) is 14.7. The Labute approximate surface area is 143 Å². The van der Waals surface area contributed by atoms with Gasteiger partial charge in [0, 0.05) is 23.1 Å². The Bertz CT molecular complexity index is 732. The van der Waals surface area contributed by atoms with Gasteiger partial charge in [-0.15, -0.1) is 0 Å². The third-order valence-corrected chi connectivity index (χ3v) is 4.00. The number of fused-ring (bicyclic) bond motifs is 1. The van der Waals surface area contributed by atoms with Gasteiger partial charge in [0.2, 0.25) is 0 Å². The number of anilines is 3. The summed E-state index contributed by atoms with van der Waals surface area (Å²) in [5.41, 5.74) is 3.99. The van der Waals surface area contributed by atoms with E-state index in [0.29, 0.717) is 6.04 Å². The number of rotatable bonds is 2. The first-order chi connectivity index (χ1) is 11.3. The molecule has 0 radical (unpaired) electrons. The van der Waals surface area contributed by atoms with Crippen LogP contribution in [0.2, 0.25) is 0 Å². The number of carbonyl (C=O) groups is 1. The summed E-state index contributed by atoms with van der Waals surface area (Å²) in [4.78, 5) is 14.2. The van der Waals surface area contributed by atoms with E-state index in [1.165, 1.54) is 11.3 Å². The predicted octanol–water partition coefficient (Wildman–Crippen LogP) is 5.12. The average molecular weight is 324 g/mol. The van der Waals surface area contributed by atoms with Crippen LogP contribution in [-0.2, 0) is 11.2 Å². The van der Waals surface area contributed by atoms with E-state index in [1.807, 2.05) is 45.0 Å². The summed E-state index contributed by atoms with van der Waals surface area (Å²) in [5, 5.41) is 2.77. The van der Waals surface area contributed by atoms with E-state index < -0.39 is 11.7 Å². The highest BCUT2D eigenvalue weighted by Gasteiger charge is 2.26. The molecule has 2 aromatic rings. The maximum absolute atomic E-state index is 11.8. The van der Waals surface area contributed by atoms with Crippen molar-refractivity contribution in [1.29, 1.82) is 0 Å². The fraction of sp³-hybridized carbons (Fsp3) is 0.350. The van der Waals surface area contributed by atoms with Gasteiger partial charge < -0.3 is 9.64 Å². The second kappa shape index (κ2) is 6.19. The first-order valence-corrected chi connectivity index (χ1v) is 8.31. The largest absolute Gasteiger partial charge is 0.444 e. The van der Waals surface area contributed by atoms with Crippen LogP contribution in [0.1, 0.15) is 33.3 Å². The van der Waals surface area contributed by atoms with Crippen molar-refractivity contribution in [3.05, 3.63) is 54.1 Å². The number of hydrogen-bond acceptors (Lipinski definition) is 3. The summed E-state index contributed by atoms with van der Waals surface area (Å²) in [6.07, 6.45) is 0.615. The highest BCUT2D eigenvalue weighted by atomic mass is 16.6. The second-order valence-corrected chi connectivity index (χ2v) is 7.23. The van der Waals surface area contributed by atoms with Crippen molar-refractivity contribution in [2.45, 2.75) is 45.8 Å². The fourth-order valence-electron chi connectivity index (χ4n) is 3.09. The Morgan fingerprint density at radius 1 is 1.12 bits per heavy atom. The Morgan fingerprint density at radius 3 is 2.46 bits per heavy atom. The summed E-state index contributed by atoms with van der Waals surface area (Å²) in [6, 6.07) is 16.8. The lowest BCUT2D eigenvalue weighted by molar-refractivity contribution is 0.0636. The zero-order chi connectivity index (χ0) is 17.3. The van der Waals surface area contributed by atoms with Crippen LogP contribution in [0.25, 0.3) is 0 Å². The quantitative estimate of drug-likeness (QED) is 0.834. The van der Waals surface area contributed by atoms with Gasteiger partial charge in [-0.3, -0.25) is 5.32 Å². The maximum Gasteiger partial charge on any atom is 0.412 e. The van der Waals surface area contributed by atoms with Crippen molar-refractivity contribution in [1.82, 2.24) is 0 Å². The molecule has 0 aliphatic carbocycles. The third-order valence-electron chi connectivity index (χ3n) is 4.00. The van der Waals surface area contributed by atoms with E-state index in [4.69, 9.17) is 4.74 Å². The number of carbonyl (C=O) groups excluding carboxylic acids is 1. The average Bonchev–Trinajstić information content (AvgIpc) is 2.82. The minimum absolute atomic E-state index is 0.423. The van der Waals surface area contributed by atoms with Crippen molar-refractivity contribution < 1.29 is 9.53 Å². The molecule has 0 aromatic heterocycles. The minimum Gasteiger partial charge on any atom is -0.444 e. The first kappa shape index (κ1) is 16.4. The normalized spacial score (nSPS) is 16.7. The molecule has 1 N–H and O–H groups in total. The van der Waals surface area contributed by atoms with Crippen LogP contribution in [0.4, 0.5) is 21.9 Å². The number of benzene rings is 2. The predicted molar refractivity (Wildman–Crippen MR) is 98.0 cm³/mol. The molecule has 1 aliphatic heterocycles. The summed E-state index contributed by atoms with van der Waals surface area (Å²) < 4.78 is 5.27. The van der Waals surface area contributed by atoms with Crippen LogP contribution in [0.3, 0.4) is 0 Å². The minimum atomic E-state index is -0.501. The van der Waals surface area contributed by atoms with E-state index in [2.05, 4.69) is 41.4 Å². The molecule has 1 unspecified atom stereocenters. The van der Waals surface area contributed by atoms with Gasteiger partial charge in [-0.25, -0.2) is 4.79 Å². The standard InChI is InChI=1S/C20H24N2O2/c1-14-13-15-7-5-6-8-18(15)22(14)17-11-9-16(10-12-17)21-19(23)24-20(2,3)4/h5-12,14H,13H2,1-4H3,(H,21,23). The fourth-order valence-corrected chi connectivity index (χ4v) is 3.09. The van der Waals surface area contributed by atoms with Crippen molar-refractivity contribution in [2.24, 2.45) is 0 Å². The molecule has 4 heteroatoms. The maximum atomic E-state index is 11.8. The topological polar surface area (TPSA) is 41.6 Å². The van der Waals surface area contributed by atoms with Crippen molar-refractivity contribution in [2.75, 3.05) is 10.2 Å². The van der Waals surface area contributed by atoms with Crippen LogP contribution >= 0.6 is 0 Å². The summed E-state index contributed by atoms with van der Waals surface area (Å²) in [5.74, 6) is 0. The molecular formula is C20H24N2O2. The smallest absolute Gasteiger partial charge is 0.412 e. The van der Waals surface area contributed by atoms with E-state index in [9.17, 15) is 4.79 Å². The third kappa shape index (κ3) is 3.53. The molecule has 0 saturated heterocycles. The van der Waals surface area contributed by atoms with Crippen molar-refractivity contribution >= 4 is 23.2 Å². The molecule has 2 aromatic carbocycles. The number of hydrogen-bond donors (Lipinski definition) is 1. The Hall–Kier alpha value is -2.49. The molecule has 0 fully saturated rings. The monoisotopic (exact) mass is 324 g/mol. The van der Waals surface area contributed by atoms with E-state index >= 15 is 0 Å². The lowest BCUT2D eigenvalue weighted by atomic mass is 10.1. The van der Waals surface area contributed by atoms with Gasteiger partial charge >= 0.3 is 6.09 Å². The Kier molecular flexibility index (Phi) is 4.22. The Balaban J connectivity index is 1.75. The van der Waals surface area contributed by atoms with Gasteiger partial charge in [-0.2, -0.15) is 0 Å². The van der Waals surface area contributed by atoms with Crippen LogP contribution in [0.5, 0.6) is 0 Å². The lowest BCUT2D eigenvalue weighted by Crippen LogP contribution is -2.27. The number of para-hydroxylation sites is 1. The van der Waals surface area contributed by atoms with Gasteiger partial charge in [-0.1, -0.05) is 18.2 Å². The van der Waals surface area contributed by atoms with Crippen LogP contribution in [-0.4, -0.2) is 17.7 Å². The highest BCUT2D eigenvalue weighted by molar-refractivity contribution is 5.85. The molecule has 1 aliphatic rings. The number of nitrogens with zero attached hydrogens (tertiary/aromatic N) is 1. The molecule has 126 valence electrons. The SMILES string of the molecule is CC1Cc2ccccc2N1c1ccc(NC(=O)OC(C)(C)C)cc1. The van der Waals surface area contributed by atoms with Crippen LogP contribution in [0, 0.1) is 0 Å². The van der Waals surface area contributed by atoms with E-state index in [0.717, 1.165) is 17.8 Å². The number of nitrogens with one attached hydrogen (secondary N) is 1. The van der Waals surface area contributed by atoms with Gasteiger partial charge in [0.15, 0.2) is 0 Å². The lowest BCUT2D eigenvalue weighted by Gasteiger charge is -2.25. The van der Waals surface area contributed by atoms with Crippen LogP contribution in [0.15, 0.2) is 48.5 Å². The second-order valence-electron chi connectivity index (χ2n) is 7.23. The molecule has 1 amide bonds. The molecule has 4 nitrogen and oxygen atoms in total. The molecule has 1 atom stereocenters. The number of ether oxygens (including phenoxy) is 1. The molecule has 0 saturated carbocycles. The van der Waals surface area contributed by atoms with Gasteiger partial charge in [0.25, 0.3) is 0 Å². The highest BCUT2D eigenvalue weighted by Crippen LogP contribution is 2.38. The molecule has 1 heterocycles. The Morgan fingerprint density at radius 2 is 1.79 bits per heavy atom. The molecule has 24 heavy (non-hydrogen) atoms. The van der Waals surface area contributed by atoms with Crippen LogP contribution < -0.4 is 10.2 Å². The van der Waals surface area contributed by atoms with Crippen molar-refractivity contribution in [3.8, 4) is 0 Å². The molecule has 0 spiro atoms. The summed E-state index contributed by atoms with van der Waals surface area (Å²) >= 11 is 0. The molecular weight excluding hydrogens is 300 g/mol. The summed E-state index contributed by atoms with van der Waals surface area (Å²) in [7, 11) is 0. The molecule has 0 bridgehead atoms. The number of amides is 1. The van der Waals surface area contributed by atoms with Gasteiger partial charge in [0.05, 0.1) is 0 Å². The van der Waals surface area contributed by atoms with Crippen molar-refractivity contribution in [3.63, 3.8) is 0 Å². The van der Waals surface area contributed by atoms with E-state index in [1.54, 1.807) is 0 Å². The first-order valence-electron chi connectivity index (χ1n) is 8.31. The molecule has 3 rings (SSSR count). The van der Waals surface area contributed by atoms with Gasteiger partial charge in [-0.05, 0) is 70.0 Å². The zero-order valence-corrected chi connectivity index (χ0v) is 14.7.